The zero-order valence-corrected chi connectivity index (χ0v) is 20.1. The largest absolute Gasteiger partial charge is 0.331 e. The summed E-state index contributed by atoms with van der Waals surface area (Å²) in [6.45, 7) is 0. The number of carbonyl (C=O) groups excluding carboxylic acids is 1. The minimum absolute atomic E-state index is 0.107. The van der Waals surface area contributed by atoms with Crippen LogP contribution >= 0.6 is 58.4 Å². The standard InChI is InChI=1S/C23H14Cl3N3OS2/c24-14-8-5-13(6-9-14)7-10-21(30)29-23(31)28-19-11-15(16(25)12-17(19)26)22-27-18-3-1-2-4-20(18)32-22/h1-12H,(H2,28,29,30,31). The SMILES string of the molecule is O=C(C=Cc1ccc(Cl)cc1)NC(=S)Nc1cc(-c2nc3ccccc3s2)c(Cl)cc1Cl. The lowest BCUT2D eigenvalue weighted by Gasteiger charge is -2.12. The van der Waals surface area contributed by atoms with Crippen molar-refractivity contribution in [3.05, 3.63) is 87.4 Å². The van der Waals surface area contributed by atoms with Gasteiger partial charge in [-0.25, -0.2) is 4.98 Å². The minimum Gasteiger partial charge on any atom is -0.331 e. The number of anilines is 1. The highest BCUT2D eigenvalue weighted by Crippen LogP contribution is 2.38. The molecule has 0 atom stereocenters. The van der Waals surface area contributed by atoms with Gasteiger partial charge in [0.2, 0.25) is 5.91 Å². The Kier molecular flexibility index (Phi) is 7.08. The Labute approximate surface area is 208 Å². The van der Waals surface area contributed by atoms with Crippen molar-refractivity contribution in [1.82, 2.24) is 10.3 Å². The van der Waals surface area contributed by atoms with Gasteiger partial charge in [-0.1, -0.05) is 59.1 Å². The van der Waals surface area contributed by atoms with Crippen LogP contribution in [0.2, 0.25) is 15.1 Å². The maximum Gasteiger partial charge on any atom is 0.250 e. The molecule has 1 heterocycles. The number of carbonyl (C=O) groups is 1. The molecule has 9 heteroatoms. The molecule has 0 aliphatic carbocycles. The Bertz CT molecular complexity index is 1320. The first-order valence-corrected chi connectivity index (χ1v) is 11.7. The third-order valence-electron chi connectivity index (χ3n) is 4.36. The van der Waals surface area contributed by atoms with Crippen molar-refractivity contribution in [3.8, 4) is 10.6 Å². The maximum atomic E-state index is 12.2. The number of hydrogen-bond donors (Lipinski definition) is 2. The van der Waals surface area contributed by atoms with Gasteiger partial charge in [0.1, 0.15) is 5.01 Å². The number of amides is 1. The van der Waals surface area contributed by atoms with Gasteiger partial charge in [0, 0.05) is 16.7 Å². The van der Waals surface area contributed by atoms with E-state index in [0.29, 0.717) is 20.8 Å². The predicted octanol–water partition coefficient (Wildman–Crippen LogP) is 7.45. The van der Waals surface area contributed by atoms with Crippen molar-refractivity contribution in [2.75, 3.05) is 5.32 Å². The first-order valence-electron chi connectivity index (χ1n) is 9.29. The number of aromatic nitrogens is 1. The lowest BCUT2D eigenvalue weighted by molar-refractivity contribution is -0.115. The van der Waals surface area contributed by atoms with Gasteiger partial charge in [-0.05, 0) is 60.3 Å². The van der Waals surface area contributed by atoms with Crippen LogP contribution in [0.25, 0.3) is 26.9 Å². The molecule has 0 saturated carbocycles. The molecule has 0 bridgehead atoms. The average molecular weight is 519 g/mol. The molecule has 0 fully saturated rings. The van der Waals surface area contributed by atoms with Crippen LogP contribution in [0.1, 0.15) is 5.56 Å². The van der Waals surface area contributed by atoms with E-state index in [9.17, 15) is 4.79 Å². The Balaban J connectivity index is 1.48. The monoisotopic (exact) mass is 517 g/mol. The van der Waals surface area contributed by atoms with E-state index in [1.165, 1.54) is 17.4 Å². The zero-order valence-electron chi connectivity index (χ0n) is 16.2. The summed E-state index contributed by atoms with van der Waals surface area (Å²) in [5.74, 6) is -0.381. The molecule has 0 unspecified atom stereocenters. The van der Waals surface area contributed by atoms with Crippen molar-refractivity contribution in [2.24, 2.45) is 0 Å². The van der Waals surface area contributed by atoms with Crippen LogP contribution in [-0.4, -0.2) is 16.0 Å². The third-order valence-corrected chi connectivity index (χ3v) is 6.51. The Morgan fingerprint density at radius 2 is 1.75 bits per heavy atom. The molecule has 0 aliphatic heterocycles. The van der Waals surface area contributed by atoms with Gasteiger partial charge in [0.25, 0.3) is 0 Å². The number of nitrogens with one attached hydrogen (secondary N) is 2. The number of nitrogens with zero attached hydrogens (tertiary/aromatic N) is 1. The molecule has 160 valence electrons. The highest BCUT2D eigenvalue weighted by Gasteiger charge is 2.14. The Morgan fingerprint density at radius 1 is 1.00 bits per heavy atom. The summed E-state index contributed by atoms with van der Waals surface area (Å²) >= 11 is 25.4. The highest BCUT2D eigenvalue weighted by molar-refractivity contribution is 7.80. The number of para-hydroxylation sites is 1. The van der Waals surface area contributed by atoms with Gasteiger partial charge in [-0.15, -0.1) is 11.3 Å². The second-order valence-corrected chi connectivity index (χ2v) is 9.32. The van der Waals surface area contributed by atoms with Crippen molar-refractivity contribution in [3.63, 3.8) is 0 Å². The number of halogens is 3. The predicted molar refractivity (Wildman–Crippen MR) is 140 cm³/mol. The van der Waals surface area contributed by atoms with Crippen LogP contribution in [0.5, 0.6) is 0 Å². The Hall–Kier alpha value is -2.48. The smallest absolute Gasteiger partial charge is 0.250 e. The van der Waals surface area contributed by atoms with E-state index in [1.807, 2.05) is 24.3 Å². The summed E-state index contributed by atoms with van der Waals surface area (Å²) < 4.78 is 1.05. The van der Waals surface area contributed by atoms with E-state index in [0.717, 1.165) is 26.4 Å². The van der Waals surface area contributed by atoms with E-state index < -0.39 is 0 Å². The van der Waals surface area contributed by atoms with Gasteiger partial charge in [-0.2, -0.15) is 0 Å². The molecule has 0 radical (unpaired) electrons. The summed E-state index contributed by atoms with van der Waals surface area (Å²) in [6, 6.07) is 18.3. The van der Waals surface area contributed by atoms with Crippen molar-refractivity contribution in [1.29, 1.82) is 0 Å². The number of hydrogen-bond acceptors (Lipinski definition) is 4. The van der Waals surface area contributed by atoms with E-state index in [1.54, 1.807) is 42.5 Å². The first kappa shape index (κ1) is 22.7. The van der Waals surface area contributed by atoms with E-state index in [-0.39, 0.29) is 11.0 Å². The molecule has 2 N–H and O–H groups in total. The molecular weight excluding hydrogens is 505 g/mol. The number of benzene rings is 3. The normalized spacial score (nSPS) is 11.1. The lowest BCUT2D eigenvalue weighted by atomic mass is 10.2. The molecule has 4 rings (SSSR count). The fourth-order valence-corrected chi connectivity index (χ4v) is 4.76. The van der Waals surface area contributed by atoms with Gasteiger partial charge in [0.05, 0.1) is 25.9 Å². The lowest BCUT2D eigenvalue weighted by Crippen LogP contribution is -2.32. The van der Waals surface area contributed by atoms with Crippen molar-refractivity contribution < 1.29 is 4.79 Å². The quantitative estimate of drug-likeness (QED) is 0.218. The Morgan fingerprint density at radius 3 is 2.50 bits per heavy atom. The first-order chi connectivity index (χ1) is 15.4. The van der Waals surface area contributed by atoms with Crippen LogP contribution in [0.15, 0.2) is 66.7 Å². The van der Waals surface area contributed by atoms with E-state index >= 15 is 0 Å². The molecule has 0 aliphatic rings. The molecule has 0 saturated heterocycles. The van der Waals surface area contributed by atoms with Gasteiger partial charge < -0.3 is 5.32 Å². The van der Waals surface area contributed by atoms with E-state index in [4.69, 9.17) is 47.0 Å². The summed E-state index contributed by atoms with van der Waals surface area (Å²) in [7, 11) is 0. The number of thiocarbonyl (C=S) groups is 1. The van der Waals surface area contributed by atoms with Crippen LogP contribution in [0, 0.1) is 0 Å². The van der Waals surface area contributed by atoms with Gasteiger partial charge in [-0.3, -0.25) is 10.1 Å². The molecular formula is C23H14Cl3N3OS2. The maximum absolute atomic E-state index is 12.2. The van der Waals surface area contributed by atoms with Crippen LogP contribution in [-0.2, 0) is 4.79 Å². The summed E-state index contributed by atoms with van der Waals surface area (Å²) in [5, 5.41) is 7.88. The third kappa shape index (κ3) is 5.46. The second-order valence-electron chi connectivity index (χ2n) is 6.63. The fourth-order valence-electron chi connectivity index (χ4n) is 2.85. The topological polar surface area (TPSA) is 54.0 Å². The number of rotatable bonds is 4. The molecule has 4 nitrogen and oxygen atoms in total. The van der Waals surface area contributed by atoms with Crippen LogP contribution in [0.3, 0.4) is 0 Å². The summed E-state index contributed by atoms with van der Waals surface area (Å²) in [6.07, 6.45) is 3.04. The molecule has 32 heavy (non-hydrogen) atoms. The molecule has 3 aromatic carbocycles. The molecule has 4 aromatic rings. The number of fused-ring (bicyclic) bond motifs is 1. The molecule has 1 amide bonds. The number of thiazole rings is 1. The summed E-state index contributed by atoms with van der Waals surface area (Å²) in [5.41, 5.74) is 2.96. The van der Waals surface area contributed by atoms with Crippen LogP contribution < -0.4 is 10.6 Å². The van der Waals surface area contributed by atoms with Gasteiger partial charge in [0.15, 0.2) is 5.11 Å². The summed E-state index contributed by atoms with van der Waals surface area (Å²) in [4.78, 5) is 16.8. The van der Waals surface area contributed by atoms with Gasteiger partial charge >= 0.3 is 0 Å². The van der Waals surface area contributed by atoms with Crippen LogP contribution in [0.4, 0.5) is 5.69 Å². The van der Waals surface area contributed by atoms with Crippen molar-refractivity contribution >= 4 is 91.4 Å². The molecule has 1 aromatic heterocycles. The fraction of sp³-hybridized carbons (Fsp3) is 0. The minimum atomic E-state index is -0.381. The average Bonchev–Trinajstić information content (AvgIpc) is 3.19. The molecule has 0 spiro atoms. The zero-order chi connectivity index (χ0) is 22.7. The highest BCUT2D eigenvalue weighted by atomic mass is 35.5. The van der Waals surface area contributed by atoms with Crippen molar-refractivity contribution in [2.45, 2.75) is 0 Å². The van der Waals surface area contributed by atoms with E-state index in [2.05, 4.69) is 15.6 Å². The second kappa shape index (κ2) is 9.98.